The van der Waals surface area contributed by atoms with Gasteiger partial charge in [-0.25, -0.2) is 8.78 Å². The third-order valence-corrected chi connectivity index (χ3v) is 3.38. The van der Waals surface area contributed by atoms with Crippen molar-refractivity contribution in [3.8, 4) is 0 Å². The summed E-state index contributed by atoms with van der Waals surface area (Å²) in [6, 6.07) is 1.64. The average molecular weight is 320 g/mol. The van der Waals surface area contributed by atoms with E-state index in [1.165, 1.54) is 6.07 Å². The van der Waals surface area contributed by atoms with E-state index >= 15 is 0 Å². The van der Waals surface area contributed by atoms with Gasteiger partial charge in [-0.05, 0) is 33.5 Å². The second-order valence-electron chi connectivity index (χ2n) is 5.31. The highest BCUT2D eigenvalue weighted by Crippen LogP contribution is 2.24. The molecule has 2 nitrogen and oxygen atoms in total. The van der Waals surface area contributed by atoms with Crippen LogP contribution in [-0.4, -0.2) is 11.8 Å². The first kappa shape index (κ1) is 15.2. The van der Waals surface area contributed by atoms with Crippen LogP contribution < -0.4 is 5.73 Å². The van der Waals surface area contributed by atoms with Gasteiger partial charge in [-0.15, -0.1) is 0 Å². The van der Waals surface area contributed by atoms with Crippen LogP contribution in [0.1, 0.15) is 26.3 Å². The van der Waals surface area contributed by atoms with E-state index in [2.05, 4.69) is 15.9 Å². The van der Waals surface area contributed by atoms with Crippen molar-refractivity contribution < 1.29 is 13.6 Å². The minimum atomic E-state index is -0.754. The Morgan fingerprint density at radius 1 is 1.39 bits per heavy atom. The number of nitrogens with two attached hydrogens (primary N) is 1. The van der Waals surface area contributed by atoms with E-state index in [1.54, 1.807) is 0 Å². The number of hydrogen-bond acceptors (Lipinski definition) is 2. The van der Waals surface area contributed by atoms with Crippen molar-refractivity contribution in [1.82, 2.24) is 0 Å². The first-order valence-electron chi connectivity index (χ1n) is 5.55. The summed E-state index contributed by atoms with van der Waals surface area (Å²) in [7, 11) is 0. The first-order valence-corrected chi connectivity index (χ1v) is 6.34. The van der Waals surface area contributed by atoms with Crippen molar-refractivity contribution in [2.24, 2.45) is 11.1 Å². The van der Waals surface area contributed by atoms with Crippen LogP contribution in [0.25, 0.3) is 0 Å². The predicted octanol–water partition coefficient (Wildman–Crippen LogP) is 3.21. The van der Waals surface area contributed by atoms with Gasteiger partial charge in [0.25, 0.3) is 0 Å². The number of Topliss-reactive ketones (excluding diaryl/α,β-unsaturated/α-hetero) is 1. The molecule has 1 aromatic carbocycles. The summed E-state index contributed by atoms with van der Waals surface area (Å²) in [4.78, 5) is 11.9. The number of carbonyl (C=O) groups is 1. The molecule has 100 valence electrons. The van der Waals surface area contributed by atoms with Crippen molar-refractivity contribution in [2.75, 3.05) is 0 Å². The second-order valence-corrected chi connectivity index (χ2v) is 6.16. The highest BCUT2D eigenvalue weighted by atomic mass is 79.9. The maximum atomic E-state index is 13.7. The van der Waals surface area contributed by atoms with E-state index in [9.17, 15) is 13.6 Å². The zero-order valence-corrected chi connectivity index (χ0v) is 12.1. The number of hydrogen-bond donors (Lipinski definition) is 1. The number of benzene rings is 1. The Labute approximate surface area is 114 Å². The van der Waals surface area contributed by atoms with E-state index < -0.39 is 23.1 Å². The Bertz CT molecular complexity index is 469. The molecule has 0 aliphatic carbocycles. The summed E-state index contributed by atoms with van der Waals surface area (Å²) in [6.07, 6.45) is -0.338. The molecule has 1 rings (SSSR count). The maximum Gasteiger partial charge on any atom is 0.154 e. The standard InChI is InChI=1S/C13H16BrF2NO/c1-13(2,3)12(17)10(18)6-7-9(15)5-4-8(14)11(7)16/h4-5,12H,6,17H2,1-3H3. The Balaban J connectivity index is 2.99. The van der Waals surface area contributed by atoms with Crippen LogP contribution in [0.2, 0.25) is 0 Å². The van der Waals surface area contributed by atoms with Gasteiger partial charge in [0.05, 0.1) is 10.5 Å². The van der Waals surface area contributed by atoms with Gasteiger partial charge < -0.3 is 5.73 Å². The number of carbonyl (C=O) groups excluding carboxylic acids is 1. The quantitative estimate of drug-likeness (QED) is 0.869. The molecular weight excluding hydrogens is 304 g/mol. The topological polar surface area (TPSA) is 43.1 Å². The molecule has 0 amide bonds. The zero-order valence-electron chi connectivity index (χ0n) is 10.6. The number of ketones is 1. The Kier molecular flexibility index (Phi) is 4.61. The van der Waals surface area contributed by atoms with Crippen molar-refractivity contribution in [3.05, 3.63) is 33.8 Å². The molecular formula is C13H16BrF2NO. The van der Waals surface area contributed by atoms with E-state index in [0.717, 1.165) is 6.07 Å². The molecule has 0 saturated heterocycles. The van der Waals surface area contributed by atoms with Gasteiger partial charge in [0.15, 0.2) is 5.78 Å². The molecule has 0 spiro atoms. The molecule has 0 bridgehead atoms. The molecule has 1 atom stereocenters. The summed E-state index contributed by atoms with van der Waals surface area (Å²) in [6.45, 7) is 5.43. The van der Waals surface area contributed by atoms with Gasteiger partial charge in [0.2, 0.25) is 0 Å². The Hall–Kier alpha value is -0.810. The fourth-order valence-corrected chi connectivity index (χ4v) is 1.87. The summed E-state index contributed by atoms with van der Waals surface area (Å²) in [5.74, 6) is -1.85. The summed E-state index contributed by atoms with van der Waals surface area (Å²) < 4.78 is 27.3. The summed E-state index contributed by atoms with van der Waals surface area (Å²) in [5.41, 5.74) is 5.10. The van der Waals surface area contributed by atoms with Crippen LogP contribution in [0.4, 0.5) is 8.78 Å². The van der Waals surface area contributed by atoms with Gasteiger partial charge in [-0.2, -0.15) is 0 Å². The Morgan fingerprint density at radius 2 is 1.94 bits per heavy atom. The largest absolute Gasteiger partial charge is 0.321 e. The molecule has 18 heavy (non-hydrogen) atoms. The smallest absolute Gasteiger partial charge is 0.154 e. The summed E-state index contributed by atoms with van der Waals surface area (Å²) in [5, 5.41) is 0. The van der Waals surface area contributed by atoms with Crippen LogP contribution >= 0.6 is 15.9 Å². The maximum absolute atomic E-state index is 13.7. The molecule has 2 N–H and O–H groups in total. The predicted molar refractivity (Wildman–Crippen MR) is 70.2 cm³/mol. The first-order chi connectivity index (χ1) is 8.14. The lowest BCUT2D eigenvalue weighted by molar-refractivity contribution is -0.121. The highest BCUT2D eigenvalue weighted by Gasteiger charge is 2.28. The van der Waals surface area contributed by atoms with Crippen LogP contribution in [0.3, 0.4) is 0 Å². The zero-order chi connectivity index (χ0) is 14.1. The molecule has 1 aromatic rings. The third-order valence-electron chi connectivity index (χ3n) is 2.77. The minimum absolute atomic E-state index is 0.135. The molecule has 0 fully saturated rings. The molecule has 0 saturated carbocycles. The van der Waals surface area contributed by atoms with E-state index in [-0.39, 0.29) is 22.2 Å². The van der Waals surface area contributed by atoms with Gasteiger partial charge in [0.1, 0.15) is 11.6 Å². The molecule has 0 aliphatic heterocycles. The fraction of sp³-hybridized carbons (Fsp3) is 0.462. The van der Waals surface area contributed by atoms with Gasteiger partial charge in [-0.3, -0.25) is 4.79 Å². The van der Waals surface area contributed by atoms with E-state index in [4.69, 9.17) is 5.73 Å². The lowest BCUT2D eigenvalue weighted by Crippen LogP contribution is -2.43. The summed E-state index contributed by atoms with van der Waals surface area (Å²) >= 11 is 2.96. The molecule has 5 heteroatoms. The molecule has 0 aromatic heterocycles. The normalized spacial score (nSPS) is 13.5. The van der Waals surface area contributed by atoms with Crippen LogP contribution in [0.5, 0.6) is 0 Å². The molecule has 0 heterocycles. The SMILES string of the molecule is CC(C)(C)C(N)C(=O)Cc1c(F)ccc(Br)c1F. The minimum Gasteiger partial charge on any atom is -0.321 e. The van der Waals surface area contributed by atoms with E-state index in [0.29, 0.717) is 0 Å². The second kappa shape index (κ2) is 5.45. The highest BCUT2D eigenvalue weighted by molar-refractivity contribution is 9.10. The molecule has 0 radical (unpaired) electrons. The lowest BCUT2D eigenvalue weighted by Gasteiger charge is -2.25. The van der Waals surface area contributed by atoms with Crippen LogP contribution in [-0.2, 0) is 11.2 Å². The third kappa shape index (κ3) is 3.36. The number of rotatable bonds is 3. The van der Waals surface area contributed by atoms with Crippen molar-refractivity contribution in [1.29, 1.82) is 0 Å². The number of halogens is 3. The van der Waals surface area contributed by atoms with Crippen molar-refractivity contribution >= 4 is 21.7 Å². The van der Waals surface area contributed by atoms with E-state index in [1.807, 2.05) is 20.8 Å². The van der Waals surface area contributed by atoms with Crippen molar-refractivity contribution in [2.45, 2.75) is 33.2 Å². The average Bonchev–Trinajstić information content (AvgIpc) is 2.27. The van der Waals surface area contributed by atoms with Crippen LogP contribution in [0.15, 0.2) is 16.6 Å². The Morgan fingerprint density at radius 3 is 2.44 bits per heavy atom. The fourth-order valence-electron chi connectivity index (χ4n) is 1.50. The van der Waals surface area contributed by atoms with Gasteiger partial charge in [0, 0.05) is 12.0 Å². The monoisotopic (exact) mass is 319 g/mol. The van der Waals surface area contributed by atoms with Gasteiger partial charge >= 0.3 is 0 Å². The lowest BCUT2D eigenvalue weighted by atomic mass is 9.83. The molecule has 1 unspecified atom stereocenters. The van der Waals surface area contributed by atoms with Crippen LogP contribution in [0, 0.1) is 17.0 Å². The molecule has 0 aliphatic rings. The van der Waals surface area contributed by atoms with Gasteiger partial charge in [-0.1, -0.05) is 20.8 Å². The van der Waals surface area contributed by atoms with Crippen molar-refractivity contribution in [3.63, 3.8) is 0 Å².